The Bertz CT molecular complexity index is 433. The van der Waals surface area contributed by atoms with Crippen LogP contribution in [0.5, 0.6) is 0 Å². The lowest BCUT2D eigenvalue weighted by Crippen LogP contribution is -2.25. The molecule has 0 saturated carbocycles. The highest BCUT2D eigenvalue weighted by Crippen LogP contribution is 2.40. The Labute approximate surface area is 112 Å². The van der Waals surface area contributed by atoms with E-state index >= 15 is 0 Å². The van der Waals surface area contributed by atoms with Gasteiger partial charge in [0.05, 0.1) is 13.2 Å². The summed E-state index contributed by atoms with van der Waals surface area (Å²) in [6.07, 6.45) is -6.90. The van der Waals surface area contributed by atoms with Gasteiger partial charge in [-0.05, 0) is 18.2 Å². The van der Waals surface area contributed by atoms with Gasteiger partial charge in [-0.3, -0.25) is 0 Å². The maximum absolute atomic E-state index is 12.9. The van der Waals surface area contributed by atoms with Crippen LogP contribution in [0, 0.1) is 0 Å². The Morgan fingerprint density at radius 2 is 2.06 bits per heavy atom. The number of hydrogen-bond donors (Lipinski definition) is 0. The minimum absolute atomic E-state index is 0.0292. The van der Waals surface area contributed by atoms with Crippen molar-refractivity contribution in [2.45, 2.75) is 18.4 Å². The zero-order chi connectivity index (χ0) is 13.3. The highest BCUT2D eigenvalue weighted by Gasteiger charge is 2.44. The standard InChI is InChI=1S/C11H9Cl2F3O2/c12-6-1-2-9(13)8(3-6)10(11(14,15)16)18-5-7-4-17-7/h1-3,7,10H,4-5H2/t7-,10+/m1/s1. The summed E-state index contributed by atoms with van der Waals surface area (Å²) in [5.74, 6) is 0. The van der Waals surface area contributed by atoms with Gasteiger partial charge in [0, 0.05) is 15.6 Å². The highest BCUT2D eigenvalue weighted by molar-refractivity contribution is 6.33. The number of epoxide rings is 1. The third-order valence-corrected chi connectivity index (χ3v) is 2.97. The normalized spacial score (nSPS) is 20.8. The van der Waals surface area contributed by atoms with Crippen LogP contribution in [0.2, 0.25) is 10.0 Å². The first-order valence-corrected chi connectivity index (χ1v) is 5.88. The van der Waals surface area contributed by atoms with Crippen LogP contribution in [0.1, 0.15) is 11.7 Å². The summed E-state index contributed by atoms with van der Waals surface area (Å²) >= 11 is 11.4. The summed E-state index contributed by atoms with van der Waals surface area (Å²) in [7, 11) is 0. The maximum atomic E-state index is 12.9. The van der Waals surface area contributed by atoms with Crippen molar-refractivity contribution in [2.75, 3.05) is 13.2 Å². The van der Waals surface area contributed by atoms with E-state index < -0.39 is 12.3 Å². The maximum Gasteiger partial charge on any atom is 0.418 e. The Hall–Kier alpha value is -0.490. The van der Waals surface area contributed by atoms with Crippen LogP contribution in [-0.4, -0.2) is 25.5 Å². The summed E-state index contributed by atoms with van der Waals surface area (Å²) in [6.45, 7) is 0.306. The lowest BCUT2D eigenvalue weighted by Gasteiger charge is -2.22. The van der Waals surface area contributed by atoms with Crippen molar-refractivity contribution in [1.29, 1.82) is 0 Å². The molecule has 1 saturated heterocycles. The molecule has 7 heteroatoms. The minimum atomic E-state index is -4.55. The van der Waals surface area contributed by atoms with Crippen molar-refractivity contribution >= 4 is 23.2 Å². The molecular formula is C11H9Cl2F3O2. The van der Waals surface area contributed by atoms with Crippen LogP contribution in [0.3, 0.4) is 0 Å². The Morgan fingerprint density at radius 1 is 1.39 bits per heavy atom. The molecule has 0 amide bonds. The van der Waals surface area contributed by atoms with E-state index in [1.54, 1.807) is 0 Å². The molecule has 0 aliphatic carbocycles. The fourth-order valence-electron chi connectivity index (χ4n) is 1.44. The topological polar surface area (TPSA) is 21.8 Å². The van der Waals surface area contributed by atoms with E-state index in [4.69, 9.17) is 32.7 Å². The van der Waals surface area contributed by atoms with Gasteiger partial charge in [-0.2, -0.15) is 13.2 Å². The van der Waals surface area contributed by atoms with Crippen molar-refractivity contribution in [3.05, 3.63) is 33.8 Å². The summed E-state index contributed by atoms with van der Waals surface area (Å²) in [4.78, 5) is 0. The van der Waals surface area contributed by atoms with Gasteiger partial charge in [0.1, 0.15) is 6.10 Å². The van der Waals surface area contributed by atoms with E-state index in [-0.39, 0.29) is 28.3 Å². The molecule has 1 aromatic carbocycles. The molecule has 0 spiro atoms. The molecule has 2 atom stereocenters. The fourth-order valence-corrected chi connectivity index (χ4v) is 1.84. The largest absolute Gasteiger partial charge is 0.418 e. The SMILES string of the molecule is FC(F)(F)[C@@H](OC[C@H]1CO1)c1cc(Cl)ccc1Cl. The first-order valence-electron chi connectivity index (χ1n) is 5.13. The smallest absolute Gasteiger partial charge is 0.371 e. The van der Waals surface area contributed by atoms with Crippen LogP contribution in [-0.2, 0) is 9.47 Å². The summed E-state index contributed by atoms with van der Waals surface area (Å²) in [5.41, 5.74) is -0.183. The van der Waals surface area contributed by atoms with Gasteiger partial charge in [-0.15, -0.1) is 0 Å². The monoisotopic (exact) mass is 300 g/mol. The van der Waals surface area contributed by atoms with E-state index in [0.29, 0.717) is 6.61 Å². The number of benzene rings is 1. The zero-order valence-electron chi connectivity index (χ0n) is 9.01. The molecule has 1 aliphatic rings. The van der Waals surface area contributed by atoms with E-state index in [0.717, 1.165) is 6.07 Å². The third kappa shape index (κ3) is 3.51. The van der Waals surface area contributed by atoms with Gasteiger partial charge in [0.15, 0.2) is 6.10 Å². The Balaban J connectivity index is 2.23. The van der Waals surface area contributed by atoms with Gasteiger partial charge in [-0.25, -0.2) is 0 Å². The van der Waals surface area contributed by atoms with E-state index in [9.17, 15) is 13.2 Å². The third-order valence-electron chi connectivity index (χ3n) is 2.39. The predicted octanol–water partition coefficient (Wildman–Crippen LogP) is 4.01. The molecule has 0 N–H and O–H groups in total. The number of hydrogen-bond acceptors (Lipinski definition) is 2. The van der Waals surface area contributed by atoms with Crippen LogP contribution >= 0.6 is 23.2 Å². The minimum Gasteiger partial charge on any atom is -0.371 e. The molecule has 2 nitrogen and oxygen atoms in total. The molecule has 18 heavy (non-hydrogen) atoms. The fraction of sp³-hybridized carbons (Fsp3) is 0.455. The molecule has 2 rings (SSSR count). The van der Waals surface area contributed by atoms with E-state index in [1.165, 1.54) is 12.1 Å². The average Bonchev–Trinajstić information content (AvgIpc) is 3.05. The Kier molecular flexibility index (Phi) is 4.06. The van der Waals surface area contributed by atoms with Crippen molar-refractivity contribution in [2.24, 2.45) is 0 Å². The number of rotatable bonds is 4. The van der Waals surface area contributed by atoms with Gasteiger partial charge in [0.2, 0.25) is 0 Å². The second-order valence-corrected chi connectivity index (χ2v) is 4.72. The van der Waals surface area contributed by atoms with Gasteiger partial charge in [-0.1, -0.05) is 23.2 Å². The molecule has 0 bridgehead atoms. The summed E-state index contributed by atoms with van der Waals surface area (Å²) in [6, 6.07) is 3.90. The van der Waals surface area contributed by atoms with Crippen LogP contribution in [0.25, 0.3) is 0 Å². The molecule has 0 radical (unpaired) electrons. The van der Waals surface area contributed by atoms with Gasteiger partial charge >= 0.3 is 6.18 Å². The first kappa shape index (κ1) is 13.9. The molecule has 1 fully saturated rings. The molecule has 100 valence electrons. The van der Waals surface area contributed by atoms with Crippen molar-refractivity contribution < 1.29 is 22.6 Å². The predicted molar refractivity (Wildman–Crippen MR) is 61.0 cm³/mol. The Morgan fingerprint density at radius 3 is 2.61 bits per heavy atom. The molecule has 1 heterocycles. The van der Waals surface area contributed by atoms with Crippen molar-refractivity contribution in [3.63, 3.8) is 0 Å². The van der Waals surface area contributed by atoms with Crippen LogP contribution in [0.4, 0.5) is 13.2 Å². The van der Waals surface area contributed by atoms with Crippen LogP contribution in [0.15, 0.2) is 18.2 Å². The number of halogens is 5. The molecule has 0 aromatic heterocycles. The van der Waals surface area contributed by atoms with Gasteiger partial charge in [0.25, 0.3) is 0 Å². The molecule has 0 unspecified atom stereocenters. The molecule has 1 aliphatic heterocycles. The first-order chi connectivity index (χ1) is 8.38. The number of ether oxygens (including phenoxy) is 2. The summed E-state index contributed by atoms with van der Waals surface area (Å²) < 4.78 is 48.4. The van der Waals surface area contributed by atoms with Crippen molar-refractivity contribution in [1.82, 2.24) is 0 Å². The highest BCUT2D eigenvalue weighted by atomic mass is 35.5. The lowest BCUT2D eigenvalue weighted by molar-refractivity contribution is -0.224. The molecule has 1 aromatic rings. The van der Waals surface area contributed by atoms with E-state index in [2.05, 4.69) is 0 Å². The van der Waals surface area contributed by atoms with Crippen molar-refractivity contribution in [3.8, 4) is 0 Å². The lowest BCUT2D eigenvalue weighted by atomic mass is 10.1. The number of alkyl halides is 3. The van der Waals surface area contributed by atoms with Crippen LogP contribution < -0.4 is 0 Å². The molecular weight excluding hydrogens is 292 g/mol. The second-order valence-electron chi connectivity index (χ2n) is 3.88. The van der Waals surface area contributed by atoms with Gasteiger partial charge < -0.3 is 9.47 Å². The van der Waals surface area contributed by atoms with E-state index in [1.807, 2.05) is 0 Å². The quantitative estimate of drug-likeness (QED) is 0.784. The average molecular weight is 301 g/mol. The second kappa shape index (κ2) is 5.25. The summed E-state index contributed by atoms with van der Waals surface area (Å²) in [5, 5.41) is 0.147. The zero-order valence-corrected chi connectivity index (χ0v) is 10.5.